The van der Waals surface area contributed by atoms with Crippen LogP contribution in [0.1, 0.15) is 26.3 Å². The summed E-state index contributed by atoms with van der Waals surface area (Å²) < 4.78 is 58.9. The summed E-state index contributed by atoms with van der Waals surface area (Å²) in [7, 11) is -10.1. The third kappa shape index (κ3) is 6.34. The highest BCUT2D eigenvalue weighted by molar-refractivity contribution is 14.1. The third-order valence-electron chi connectivity index (χ3n) is 5.71. The van der Waals surface area contributed by atoms with Gasteiger partial charge >= 0.3 is 0 Å². The highest BCUT2D eigenvalue weighted by Gasteiger charge is 2.50. The molecule has 3 aromatic rings. The highest BCUT2D eigenvalue weighted by Crippen LogP contribution is 2.38. The molecule has 3 rings (SSSR count). The average Bonchev–Trinajstić information content (AvgIpc) is 2.75. The first kappa shape index (κ1) is 27.8. The molecule has 0 aliphatic carbocycles. The molecule has 0 unspecified atom stereocenters. The molecule has 0 fully saturated rings. The Bertz CT molecular complexity index is 1370. The van der Waals surface area contributed by atoms with Crippen LogP contribution in [0.5, 0.6) is 0 Å². The second-order valence-corrected chi connectivity index (χ2v) is 18.7. The molecule has 6 nitrogen and oxygen atoms in total. The van der Waals surface area contributed by atoms with E-state index >= 15 is 0 Å². The van der Waals surface area contributed by atoms with Crippen LogP contribution in [0.15, 0.2) is 77.7 Å². The number of sulfonamides is 1. The van der Waals surface area contributed by atoms with Gasteiger partial charge in [-0.1, -0.05) is 81.4 Å². The van der Waals surface area contributed by atoms with Crippen molar-refractivity contribution >= 4 is 66.8 Å². The molecule has 0 aliphatic heterocycles. The van der Waals surface area contributed by atoms with Gasteiger partial charge in [0.15, 0.2) is 9.84 Å². The average molecular weight is 644 g/mol. The van der Waals surface area contributed by atoms with Crippen LogP contribution < -0.4 is 15.1 Å². The number of anilines is 1. The van der Waals surface area contributed by atoms with Crippen molar-refractivity contribution in [1.29, 1.82) is 0 Å². The molecule has 0 atom stereocenters. The minimum absolute atomic E-state index is 0.0435. The quantitative estimate of drug-likeness (QED) is 0.295. The molecule has 0 heterocycles. The van der Waals surface area contributed by atoms with Gasteiger partial charge in [0.2, 0.25) is 10.0 Å². The molecule has 0 saturated carbocycles. The molecule has 3 aromatic carbocycles. The summed E-state index contributed by atoms with van der Waals surface area (Å²) in [6.07, 6.45) is 2.15. The van der Waals surface area contributed by atoms with Crippen molar-refractivity contribution < 1.29 is 21.3 Å². The van der Waals surface area contributed by atoms with E-state index in [4.69, 9.17) is 4.43 Å². The summed E-state index contributed by atoms with van der Waals surface area (Å²) in [6, 6.07) is 23.3. The fourth-order valence-corrected chi connectivity index (χ4v) is 11.1. The van der Waals surface area contributed by atoms with Crippen molar-refractivity contribution in [3.63, 3.8) is 0 Å². The molecular weight excluding hydrogens is 613 g/mol. The maximum absolute atomic E-state index is 12.7. The van der Waals surface area contributed by atoms with Crippen molar-refractivity contribution in [2.75, 3.05) is 17.2 Å². The van der Waals surface area contributed by atoms with Crippen LogP contribution in [0.4, 0.5) is 5.69 Å². The number of benzene rings is 3. The maximum Gasteiger partial charge on any atom is 0.261 e. The largest absolute Gasteiger partial charge is 0.403 e. The Morgan fingerprint density at radius 3 is 1.74 bits per heavy atom. The number of rotatable bonds is 8. The molecule has 0 bridgehead atoms. The Balaban J connectivity index is 2.19. The van der Waals surface area contributed by atoms with E-state index in [1.54, 1.807) is 6.07 Å². The summed E-state index contributed by atoms with van der Waals surface area (Å²) in [6.45, 7) is 6.52. The second-order valence-electron chi connectivity index (χ2n) is 9.54. The smallest absolute Gasteiger partial charge is 0.261 e. The zero-order chi connectivity index (χ0) is 26.1. The van der Waals surface area contributed by atoms with Gasteiger partial charge in [-0.3, -0.25) is 4.72 Å². The Labute approximate surface area is 223 Å². The van der Waals surface area contributed by atoms with Crippen LogP contribution in [0.2, 0.25) is 5.04 Å². The van der Waals surface area contributed by atoms with E-state index < -0.39 is 28.2 Å². The van der Waals surface area contributed by atoms with Crippen molar-refractivity contribution in [3.05, 3.63) is 81.9 Å². The van der Waals surface area contributed by atoms with Crippen molar-refractivity contribution in [2.24, 2.45) is 0 Å². The lowest BCUT2D eigenvalue weighted by atomic mass is 10.2. The number of nitrogens with one attached hydrogen (secondary N) is 1. The number of sulfone groups is 1. The van der Waals surface area contributed by atoms with Crippen molar-refractivity contribution in [3.8, 4) is 0 Å². The van der Waals surface area contributed by atoms with Crippen LogP contribution in [0.25, 0.3) is 0 Å². The van der Waals surface area contributed by atoms with Gasteiger partial charge < -0.3 is 4.43 Å². The van der Waals surface area contributed by atoms with E-state index in [9.17, 15) is 16.8 Å². The van der Waals surface area contributed by atoms with E-state index in [0.717, 1.165) is 22.9 Å². The lowest BCUT2D eigenvalue weighted by molar-refractivity contribution is 0.283. The Morgan fingerprint density at radius 1 is 0.857 bits per heavy atom. The van der Waals surface area contributed by atoms with E-state index in [1.807, 2.05) is 59.0 Å². The predicted molar refractivity (Wildman–Crippen MR) is 153 cm³/mol. The fraction of sp³-hybridized carbons (Fsp3) is 0.280. The molecule has 0 radical (unpaired) electrons. The Morgan fingerprint density at radius 2 is 1.34 bits per heavy atom. The molecule has 0 saturated heterocycles. The molecule has 0 aromatic heterocycles. The summed E-state index contributed by atoms with van der Waals surface area (Å²) in [5, 5.41) is 1.90. The standard InChI is InChI=1S/C25H30INO5S2Si/c1-25(2,3)35(20-12-8-6-9-13-20,21-14-10-7-11-15-21)32-18-19-16-22(26)23(27-34(5,30)31)17-24(19)33(4,28)29/h6-17,27H,18H2,1-5H3. The molecule has 0 aliphatic rings. The van der Waals surface area contributed by atoms with E-state index in [2.05, 4.69) is 49.8 Å². The first-order valence-electron chi connectivity index (χ1n) is 10.9. The lowest BCUT2D eigenvalue weighted by Crippen LogP contribution is -2.66. The topological polar surface area (TPSA) is 89.5 Å². The maximum atomic E-state index is 12.7. The summed E-state index contributed by atoms with van der Waals surface area (Å²) in [5.41, 5.74) is 0.715. The SMILES string of the molecule is CC(C)(C)[Si](OCc1cc(I)c(NS(C)(=O)=O)cc1S(C)(=O)=O)(c1ccccc1)c1ccccc1. The third-order valence-corrected chi connectivity index (χ3v) is 13.4. The monoisotopic (exact) mass is 643 g/mol. The Kier molecular flexibility index (Phi) is 8.22. The molecule has 1 N–H and O–H groups in total. The molecule has 0 amide bonds. The van der Waals surface area contributed by atoms with E-state index in [0.29, 0.717) is 9.13 Å². The first-order valence-corrected chi connectivity index (χ1v) is 17.7. The summed E-state index contributed by atoms with van der Waals surface area (Å²) >= 11 is 2.00. The van der Waals surface area contributed by atoms with E-state index in [1.165, 1.54) is 6.07 Å². The highest BCUT2D eigenvalue weighted by atomic mass is 127. The first-order chi connectivity index (χ1) is 16.1. The molecule has 188 valence electrons. The molecule has 10 heteroatoms. The normalized spacial score (nSPS) is 13.0. The van der Waals surface area contributed by atoms with Crippen LogP contribution in [-0.4, -0.2) is 37.7 Å². The number of hydrogen-bond acceptors (Lipinski definition) is 5. The molecule has 35 heavy (non-hydrogen) atoms. The van der Waals surface area contributed by atoms with Gasteiger partial charge in [0, 0.05) is 9.83 Å². The predicted octanol–water partition coefficient (Wildman–Crippen LogP) is 4.14. The van der Waals surface area contributed by atoms with Gasteiger partial charge in [-0.2, -0.15) is 0 Å². The number of halogens is 1. The van der Waals surface area contributed by atoms with Crippen LogP contribution >= 0.6 is 22.6 Å². The second kappa shape index (κ2) is 10.3. The van der Waals surface area contributed by atoms with Crippen molar-refractivity contribution in [2.45, 2.75) is 37.3 Å². The lowest BCUT2D eigenvalue weighted by Gasteiger charge is -2.43. The molecular formula is C25H30INO5S2Si. The van der Waals surface area contributed by atoms with Crippen LogP contribution in [0, 0.1) is 3.57 Å². The minimum Gasteiger partial charge on any atom is -0.403 e. The van der Waals surface area contributed by atoms with Gasteiger partial charge in [-0.15, -0.1) is 0 Å². The van der Waals surface area contributed by atoms with E-state index in [-0.39, 0.29) is 22.2 Å². The van der Waals surface area contributed by atoms with Gasteiger partial charge in [0.25, 0.3) is 8.32 Å². The van der Waals surface area contributed by atoms with Gasteiger partial charge in [0.05, 0.1) is 23.4 Å². The zero-order valence-electron chi connectivity index (χ0n) is 20.4. The summed E-state index contributed by atoms with van der Waals surface area (Å²) in [4.78, 5) is 0.0435. The van der Waals surface area contributed by atoms with Crippen molar-refractivity contribution in [1.82, 2.24) is 0 Å². The van der Waals surface area contributed by atoms with Gasteiger partial charge in [-0.25, -0.2) is 16.8 Å². The minimum atomic E-state index is -3.66. The van der Waals surface area contributed by atoms with Crippen LogP contribution in [0.3, 0.4) is 0 Å². The van der Waals surface area contributed by atoms with Crippen LogP contribution in [-0.2, 0) is 30.9 Å². The fourth-order valence-electron chi connectivity index (χ4n) is 4.28. The summed E-state index contributed by atoms with van der Waals surface area (Å²) in [5.74, 6) is 0. The zero-order valence-corrected chi connectivity index (χ0v) is 25.2. The Hall–Kier alpha value is -1.73. The van der Waals surface area contributed by atoms with Gasteiger partial charge in [-0.05, 0) is 55.7 Å². The van der Waals surface area contributed by atoms with Gasteiger partial charge in [0.1, 0.15) is 0 Å². The number of hydrogen-bond donors (Lipinski definition) is 1. The molecule has 0 spiro atoms.